The van der Waals surface area contributed by atoms with Gasteiger partial charge in [0.1, 0.15) is 5.75 Å². The number of nitrogens with two attached hydrogens (primary N) is 1. The molecule has 106 valence electrons. The fraction of sp³-hybridized carbons (Fsp3) is 0.200. The normalized spacial score (nSPS) is 12.2. The summed E-state index contributed by atoms with van der Waals surface area (Å²) >= 11 is 13.2. The molecular formula is C15H14Br2ClNO. The fourth-order valence-electron chi connectivity index (χ4n) is 1.98. The highest BCUT2D eigenvalue weighted by atomic mass is 79.9. The molecule has 0 fully saturated rings. The second-order valence-corrected chi connectivity index (χ2v) is 6.61. The van der Waals surface area contributed by atoms with E-state index >= 15 is 0 Å². The summed E-state index contributed by atoms with van der Waals surface area (Å²) in [6, 6.07) is 11.4. The van der Waals surface area contributed by atoms with Gasteiger partial charge in [-0.3, -0.25) is 0 Å². The Morgan fingerprint density at radius 3 is 2.65 bits per heavy atom. The summed E-state index contributed by atoms with van der Waals surface area (Å²) in [4.78, 5) is 0. The Kier molecular flexibility index (Phi) is 5.49. The van der Waals surface area contributed by atoms with Crippen molar-refractivity contribution in [2.24, 2.45) is 5.73 Å². The first kappa shape index (κ1) is 15.8. The van der Waals surface area contributed by atoms with Crippen molar-refractivity contribution in [3.63, 3.8) is 0 Å². The van der Waals surface area contributed by atoms with Gasteiger partial charge in [0.25, 0.3) is 0 Å². The Morgan fingerprint density at radius 2 is 1.95 bits per heavy atom. The van der Waals surface area contributed by atoms with Crippen LogP contribution in [0.15, 0.2) is 45.3 Å². The third-order valence-electron chi connectivity index (χ3n) is 3.05. The van der Waals surface area contributed by atoms with Gasteiger partial charge in [0.2, 0.25) is 0 Å². The smallest absolute Gasteiger partial charge is 0.119 e. The molecule has 1 unspecified atom stereocenters. The SMILES string of the molecule is COc1ccc(Br)c(CC(N)c2cc(Br)ccc2Cl)c1. The van der Waals surface area contributed by atoms with Gasteiger partial charge in [-0.25, -0.2) is 0 Å². The molecule has 0 heterocycles. The number of rotatable bonds is 4. The van der Waals surface area contributed by atoms with Crippen molar-refractivity contribution in [3.05, 3.63) is 61.5 Å². The molecule has 0 amide bonds. The maximum Gasteiger partial charge on any atom is 0.119 e. The van der Waals surface area contributed by atoms with Crippen LogP contribution >= 0.6 is 43.5 Å². The van der Waals surface area contributed by atoms with Crippen LogP contribution in [0.1, 0.15) is 17.2 Å². The van der Waals surface area contributed by atoms with Gasteiger partial charge in [0, 0.05) is 20.0 Å². The molecule has 0 aliphatic carbocycles. The summed E-state index contributed by atoms with van der Waals surface area (Å²) in [6.07, 6.45) is 0.675. The van der Waals surface area contributed by atoms with Crippen molar-refractivity contribution in [3.8, 4) is 5.75 Å². The van der Waals surface area contributed by atoms with Gasteiger partial charge in [0.05, 0.1) is 7.11 Å². The summed E-state index contributed by atoms with van der Waals surface area (Å²) in [5, 5.41) is 0.680. The number of benzene rings is 2. The van der Waals surface area contributed by atoms with E-state index in [1.165, 1.54) is 0 Å². The van der Waals surface area contributed by atoms with Crippen LogP contribution < -0.4 is 10.5 Å². The Balaban J connectivity index is 2.27. The number of hydrogen-bond acceptors (Lipinski definition) is 2. The molecule has 2 aromatic rings. The van der Waals surface area contributed by atoms with Crippen LogP contribution in [0.4, 0.5) is 0 Å². The molecule has 20 heavy (non-hydrogen) atoms. The molecule has 0 radical (unpaired) electrons. The molecule has 2 rings (SSSR count). The lowest BCUT2D eigenvalue weighted by Crippen LogP contribution is -2.14. The minimum absolute atomic E-state index is 0.177. The lowest BCUT2D eigenvalue weighted by molar-refractivity contribution is 0.414. The van der Waals surface area contributed by atoms with Crippen LogP contribution in [0.2, 0.25) is 5.02 Å². The molecule has 1 atom stereocenters. The predicted octanol–water partition coefficient (Wildman–Crippen LogP) is 5.12. The molecule has 0 aromatic heterocycles. The van der Waals surface area contributed by atoms with E-state index in [1.807, 2.05) is 36.4 Å². The monoisotopic (exact) mass is 417 g/mol. The van der Waals surface area contributed by atoms with E-state index < -0.39 is 0 Å². The number of halogens is 3. The third-order valence-corrected chi connectivity index (χ3v) is 4.66. The average molecular weight is 420 g/mol. The van der Waals surface area contributed by atoms with E-state index in [4.69, 9.17) is 22.1 Å². The molecule has 0 aliphatic rings. The minimum Gasteiger partial charge on any atom is -0.497 e. The zero-order valence-corrected chi connectivity index (χ0v) is 14.8. The maximum atomic E-state index is 6.29. The van der Waals surface area contributed by atoms with Crippen LogP contribution in [-0.2, 0) is 6.42 Å². The second kappa shape index (κ2) is 6.94. The first-order valence-corrected chi connectivity index (χ1v) is 8.00. The first-order valence-electron chi connectivity index (χ1n) is 6.04. The Hall–Kier alpha value is -0.550. The lowest BCUT2D eigenvalue weighted by atomic mass is 9.99. The van der Waals surface area contributed by atoms with Crippen LogP contribution in [0.25, 0.3) is 0 Å². The average Bonchev–Trinajstić information content (AvgIpc) is 2.43. The van der Waals surface area contributed by atoms with Gasteiger partial charge in [-0.05, 0) is 53.9 Å². The zero-order chi connectivity index (χ0) is 14.7. The molecule has 0 bridgehead atoms. The van der Waals surface area contributed by atoms with Crippen molar-refractivity contribution in [1.29, 1.82) is 0 Å². The molecule has 0 saturated heterocycles. The fourth-order valence-corrected chi connectivity index (χ4v) is 3.03. The standard InChI is InChI=1S/C15H14Br2ClNO/c1-20-11-3-4-13(17)9(6-11)7-15(19)12-8-10(16)2-5-14(12)18/h2-6,8,15H,7,19H2,1H3. The summed E-state index contributed by atoms with van der Waals surface area (Å²) in [6.45, 7) is 0. The van der Waals surface area contributed by atoms with Crippen LogP contribution in [0.3, 0.4) is 0 Å². The highest BCUT2D eigenvalue weighted by molar-refractivity contribution is 9.10. The van der Waals surface area contributed by atoms with Crippen molar-refractivity contribution >= 4 is 43.5 Å². The van der Waals surface area contributed by atoms with Gasteiger partial charge in [-0.2, -0.15) is 0 Å². The Morgan fingerprint density at radius 1 is 1.20 bits per heavy atom. The van der Waals surface area contributed by atoms with E-state index in [2.05, 4.69) is 31.9 Å². The Bertz CT molecular complexity index is 619. The Labute approximate surface area is 140 Å². The van der Waals surface area contributed by atoms with E-state index in [9.17, 15) is 0 Å². The predicted molar refractivity (Wildman–Crippen MR) is 90.5 cm³/mol. The van der Waals surface area contributed by atoms with Gasteiger partial charge in [-0.15, -0.1) is 0 Å². The van der Waals surface area contributed by atoms with Gasteiger partial charge in [0.15, 0.2) is 0 Å². The number of ether oxygens (including phenoxy) is 1. The van der Waals surface area contributed by atoms with E-state index in [0.717, 1.165) is 25.8 Å². The molecule has 5 heteroatoms. The largest absolute Gasteiger partial charge is 0.497 e. The zero-order valence-electron chi connectivity index (χ0n) is 10.9. The van der Waals surface area contributed by atoms with Crippen molar-refractivity contribution in [2.45, 2.75) is 12.5 Å². The van der Waals surface area contributed by atoms with Crippen molar-refractivity contribution in [2.75, 3.05) is 7.11 Å². The number of methoxy groups -OCH3 is 1. The molecule has 2 aromatic carbocycles. The van der Waals surface area contributed by atoms with Gasteiger partial charge >= 0.3 is 0 Å². The second-order valence-electron chi connectivity index (χ2n) is 4.43. The maximum absolute atomic E-state index is 6.29. The quantitative estimate of drug-likeness (QED) is 0.747. The van der Waals surface area contributed by atoms with Crippen LogP contribution in [0.5, 0.6) is 5.75 Å². The van der Waals surface area contributed by atoms with Crippen LogP contribution in [-0.4, -0.2) is 7.11 Å². The minimum atomic E-state index is -0.177. The van der Waals surface area contributed by atoms with E-state index in [0.29, 0.717) is 11.4 Å². The highest BCUT2D eigenvalue weighted by Gasteiger charge is 2.14. The van der Waals surface area contributed by atoms with Crippen LogP contribution in [0, 0.1) is 0 Å². The van der Waals surface area contributed by atoms with Gasteiger partial charge in [-0.1, -0.05) is 43.5 Å². The lowest BCUT2D eigenvalue weighted by Gasteiger charge is -2.16. The summed E-state index contributed by atoms with van der Waals surface area (Å²) < 4.78 is 7.23. The molecule has 0 saturated carbocycles. The summed E-state index contributed by atoms with van der Waals surface area (Å²) in [7, 11) is 1.65. The molecule has 2 N–H and O–H groups in total. The summed E-state index contributed by atoms with van der Waals surface area (Å²) in [5.74, 6) is 0.815. The topological polar surface area (TPSA) is 35.2 Å². The first-order chi connectivity index (χ1) is 9.51. The van der Waals surface area contributed by atoms with Crippen molar-refractivity contribution in [1.82, 2.24) is 0 Å². The number of hydrogen-bond donors (Lipinski definition) is 1. The van der Waals surface area contributed by atoms with Crippen molar-refractivity contribution < 1.29 is 4.74 Å². The van der Waals surface area contributed by atoms with E-state index in [1.54, 1.807) is 7.11 Å². The summed E-state index contributed by atoms with van der Waals surface area (Å²) in [5.41, 5.74) is 8.31. The third kappa shape index (κ3) is 3.76. The molecule has 0 aliphatic heterocycles. The highest BCUT2D eigenvalue weighted by Crippen LogP contribution is 2.30. The molecule has 2 nitrogen and oxygen atoms in total. The van der Waals surface area contributed by atoms with Gasteiger partial charge < -0.3 is 10.5 Å². The van der Waals surface area contributed by atoms with E-state index in [-0.39, 0.29) is 6.04 Å². The molecule has 0 spiro atoms. The molecular weight excluding hydrogens is 405 g/mol.